The molecule has 1 heterocycles. The summed E-state index contributed by atoms with van der Waals surface area (Å²) in [5, 5.41) is 2.20. The lowest BCUT2D eigenvalue weighted by molar-refractivity contribution is 0.709. The fourth-order valence-corrected chi connectivity index (χ4v) is 3.32. The lowest BCUT2D eigenvalue weighted by Crippen LogP contribution is -2.33. The van der Waals surface area contributed by atoms with E-state index in [1.807, 2.05) is 6.07 Å². The van der Waals surface area contributed by atoms with E-state index in [-0.39, 0.29) is 6.04 Å². The van der Waals surface area contributed by atoms with Crippen LogP contribution in [0.2, 0.25) is 0 Å². The molecule has 0 saturated heterocycles. The molecule has 128 valence electrons. The van der Waals surface area contributed by atoms with Crippen molar-refractivity contribution in [2.45, 2.75) is 6.04 Å². The molecular weight excluding hydrogens is 384 g/mol. The zero-order valence-electron chi connectivity index (χ0n) is 14.2. The summed E-state index contributed by atoms with van der Waals surface area (Å²) in [6.45, 7) is 0. The molecular formula is C23H19BrN2. The Labute approximate surface area is 162 Å². The third-order valence-electron chi connectivity index (χ3n) is 4.37. The highest BCUT2D eigenvalue weighted by Crippen LogP contribution is 2.32. The Kier molecular flexibility index (Phi) is 4.89. The molecule has 0 amide bonds. The molecule has 2 nitrogen and oxygen atoms in total. The Hall–Kier alpha value is -2.78. The fraction of sp³-hybridized carbons (Fsp3) is 0.0435. The summed E-state index contributed by atoms with van der Waals surface area (Å²) in [7, 11) is 0. The average molecular weight is 403 g/mol. The topological polar surface area (TPSA) is 15.3 Å². The van der Waals surface area contributed by atoms with Gasteiger partial charge in [0, 0.05) is 4.47 Å². The first-order valence-corrected chi connectivity index (χ1v) is 9.40. The molecule has 1 aliphatic heterocycles. The minimum atomic E-state index is 0.146. The van der Waals surface area contributed by atoms with Gasteiger partial charge in [0.15, 0.2) is 0 Å². The number of anilines is 1. The van der Waals surface area contributed by atoms with Crippen molar-refractivity contribution in [2.24, 2.45) is 0 Å². The first-order valence-electron chi connectivity index (χ1n) is 8.61. The Morgan fingerprint density at radius 2 is 1.42 bits per heavy atom. The van der Waals surface area contributed by atoms with Gasteiger partial charge in [-0.05, 0) is 47.5 Å². The molecule has 0 fully saturated rings. The van der Waals surface area contributed by atoms with Crippen LogP contribution in [0.3, 0.4) is 0 Å². The number of allylic oxidation sites excluding steroid dienone is 1. The molecule has 26 heavy (non-hydrogen) atoms. The molecule has 0 radical (unpaired) electrons. The molecule has 3 heteroatoms. The Balaban J connectivity index is 1.64. The zero-order valence-corrected chi connectivity index (χ0v) is 15.8. The number of rotatable bonds is 4. The van der Waals surface area contributed by atoms with Gasteiger partial charge in [-0.1, -0.05) is 82.7 Å². The van der Waals surface area contributed by atoms with E-state index in [9.17, 15) is 0 Å². The maximum absolute atomic E-state index is 3.54. The van der Waals surface area contributed by atoms with Crippen LogP contribution in [-0.2, 0) is 0 Å². The highest BCUT2D eigenvalue weighted by molar-refractivity contribution is 9.10. The minimum Gasteiger partial charge on any atom is -0.298 e. The first kappa shape index (κ1) is 16.7. The van der Waals surface area contributed by atoms with Crippen LogP contribution in [0.1, 0.15) is 17.2 Å². The molecule has 1 atom stereocenters. The lowest BCUT2D eigenvalue weighted by Gasteiger charge is -2.27. The molecule has 3 aromatic rings. The smallest absolute Gasteiger partial charge is 0.0958 e. The van der Waals surface area contributed by atoms with Crippen molar-refractivity contribution in [3.8, 4) is 0 Å². The van der Waals surface area contributed by atoms with Gasteiger partial charge in [-0.25, -0.2) is 0 Å². The van der Waals surface area contributed by atoms with Gasteiger partial charge in [-0.3, -0.25) is 10.4 Å². The van der Waals surface area contributed by atoms with Crippen molar-refractivity contribution >= 4 is 27.7 Å². The van der Waals surface area contributed by atoms with Gasteiger partial charge in [-0.2, -0.15) is 0 Å². The summed E-state index contributed by atoms with van der Waals surface area (Å²) in [4.78, 5) is 0. The van der Waals surface area contributed by atoms with E-state index in [4.69, 9.17) is 0 Å². The van der Waals surface area contributed by atoms with Gasteiger partial charge in [-0.15, -0.1) is 0 Å². The maximum Gasteiger partial charge on any atom is 0.0958 e. The molecule has 3 aromatic carbocycles. The quantitative estimate of drug-likeness (QED) is 0.565. The summed E-state index contributed by atoms with van der Waals surface area (Å²) in [6.07, 6.45) is 6.52. The molecule has 0 unspecified atom stereocenters. The predicted molar refractivity (Wildman–Crippen MR) is 112 cm³/mol. The summed E-state index contributed by atoms with van der Waals surface area (Å²) in [6, 6.07) is 29.4. The summed E-state index contributed by atoms with van der Waals surface area (Å²) >= 11 is 3.51. The highest BCUT2D eigenvalue weighted by atomic mass is 79.9. The third kappa shape index (κ3) is 3.73. The van der Waals surface area contributed by atoms with Gasteiger partial charge >= 0.3 is 0 Å². The largest absolute Gasteiger partial charge is 0.298 e. The van der Waals surface area contributed by atoms with Crippen molar-refractivity contribution in [3.05, 3.63) is 118 Å². The van der Waals surface area contributed by atoms with Gasteiger partial charge in [0.2, 0.25) is 0 Å². The van der Waals surface area contributed by atoms with Crippen LogP contribution in [0.5, 0.6) is 0 Å². The normalized spacial score (nSPS) is 16.6. The SMILES string of the molecule is Brc1ccc(N2NC(/C=C/c3ccccc3)=C[C@@H]2c2ccccc2)cc1. The van der Waals surface area contributed by atoms with E-state index in [1.165, 1.54) is 11.1 Å². The van der Waals surface area contributed by atoms with E-state index in [1.54, 1.807) is 0 Å². The number of nitrogens with zero attached hydrogens (tertiary/aromatic N) is 1. The zero-order chi connectivity index (χ0) is 17.8. The van der Waals surface area contributed by atoms with Crippen LogP contribution in [-0.4, -0.2) is 0 Å². The molecule has 0 bridgehead atoms. The highest BCUT2D eigenvalue weighted by Gasteiger charge is 2.25. The van der Waals surface area contributed by atoms with Gasteiger partial charge in [0.05, 0.1) is 17.4 Å². The predicted octanol–water partition coefficient (Wildman–Crippen LogP) is 6.11. The van der Waals surface area contributed by atoms with E-state index in [0.717, 1.165) is 15.9 Å². The molecule has 0 aromatic heterocycles. The van der Waals surface area contributed by atoms with Crippen LogP contribution in [0.25, 0.3) is 6.08 Å². The third-order valence-corrected chi connectivity index (χ3v) is 4.89. The second kappa shape index (κ2) is 7.63. The van der Waals surface area contributed by atoms with Crippen LogP contribution in [0, 0.1) is 0 Å². The summed E-state index contributed by atoms with van der Waals surface area (Å²) < 4.78 is 1.08. The molecule has 0 spiro atoms. The number of benzene rings is 3. The van der Waals surface area contributed by atoms with Gasteiger partial charge < -0.3 is 0 Å². The number of halogens is 1. The summed E-state index contributed by atoms with van der Waals surface area (Å²) in [5.74, 6) is 0. The average Bonchev–Trinajstić information content (AvgIpc) is 3.13. The standard InChI is InChI=1S/C23H19BrN2/c24-20-12-15-22(16-13-20)26-23(19-9-5-2-6-10-19)17-21(25-26)14-11-18-7-3-1-4-8-18/h1-17,23,25H/b14-11+/t23-/m1/s1. The Morgan fingerprint density at radius 1 is 0.769 bits per heavy atom. The molecule has 4 rings (SSSR count). The van der Waals surface area contributed by atoms with E-state index < -0.39 is 0 Å². The number of hydrogen-bond donors (Lipinski definition) is 1. The number of hydrazine groups is 1. The number of nitrogens with one attached hydrogen (secondary N) is 1. The molecule has 1 aliphatic rings. The van der Waals surface area contributed by atoms with Crippen molar-refractivity contribution in [2.75, 3.05) is 5.01 Å². The molecule has 0 aliphatic carbocycles. The van der Waals surface area contributed by atoms with E-state index in [2.05, 4.69) is 123 Å². The van der Waals surface area contributed by atoms with Crippen molar-refractivity contribution in [1.82, 2.24) is 5.43 Å². The van der Waals surface area contributed by atoms with Crippen LogP contribution in [0.15, 0.2) is 107 Å². The second-order valence-electron chi connectivity index (χ2n) is 6.18. The Morgan fingerprint density at radius 3 is 2.12 bits per heavy atom. The monoisotopic (exact) mass is 402 g/mol. The lowest BCUT2D eigenvalue weighted by atomic mass is 10.1. The maximum atomic E-state index is 3.54. The van der Waals surface area contributed by atoms with Crippen LogP contribution < -0.4 is 10.4 Å². The van der Waals surface area contributed by atoms with Crippen molar-refractivity contribution < 1.29 is 0 Å². The van der Waals surface area contributed by atoms with Gasteiger partial charge in [0.25, 0.3) is 0 Å². The van der Waals surface area contributed by atoms with E-state index >= 15 is 0 Å². The minimum absolute atomic E-state index is 0.146. The van der Waals surface area contributed by atoms with E-state index in [0.29, 0.717) is 0 Å². The molecule has 1 N–H and O–H groups in total. The van der Waals surface area contributed by atoms with Crippen molar-refractivity contribution in [1.29, 1.82) is 0 Å². The Bertz CT molecular complexity index is 915. The van der Waals surface area contributed by atoms with Crippen LogP contribution in [0.4, 0.5) is 5.69 Å². The summed E-state index contributed by atoms with van der Waals surface area (Å²) in [5.41, 5.74) is 8.20. The van der Waals surface area contributed by atoms with Crippen LogP contribution >= 0.6 is 15.9 Å². The first-order chi connectivity index (χ1) is 12.8. The molecule has 0 saturated carbocycles. The number of hydrogen-bond acceptors (Lipinski definition) is 2. The fourth-order valence-electron chi connectivity index (χ4n) is 3.06. The van der Waals surface area contributed by atoms with Gasteiger partial charge in [0.1, 0.15) is 0 Å². The second-order valence-corrected chi connectivity index (χ2v) is 7.10. The van der Waals surface area contributed by atoms with Crippen molar-refractivity contribution in [3.63, 3.8) is 0 Å².